The van der Waals surface area contributed by atoms with Gasteiger partial charge in [0.2, 0.25) is 5.91 Å². The smallest absolute Gasteiger partial charge is 0.224 e. The zero-order valence-corrected chi connectivity index (χ0v) is 15.4. The second kappa shape index (κ2) is 11.5. The Kier molecular flexibility index (Phi) is 11.4. The van der Waals surface area contributed by atoms with E-state index in [0.29, 0.717) is 24.5 Å². The summed E-state index contributed by atoms with van der Waals surface area (Å²) in [6.07, 6.45) is 3.34. The van der Waals surface area contributed by atoms with Gasteiger partial charge in [-0.15, -0.1) is 24.8 Å². The molecular formula is C15H31Cl2N3O2. The van der Waals surface area contributed by atoms with Gasteiger partial charge in [-0.3, -0.25) is 9.69 Å². The van der Waals surface area contributed by atoms with E-state index in [0.717, 1.165) is 52.3 Å². The molecule has 1 atom stereocenters. The van der Waals surface area contributed by atoms with Gasteiger partial charge in [0.25, 0.3) is 0 Å². The number of carbonyl (C=O) groups excluding carboxylic acids is 1. The number of hydrogen-bond acceptors (Lipinski definition) is 4. The molecule has 5 nitrogen and oxygen atoms in total. The number of amides is 1. The number of piperazine rings is 1. The summed E-state index contributed by atoms with van der Waals surface area (Å²) in [4.78, 5) is 16.6. The van der Waals surface area contributed by atoms with Gasteiger partial charge < -0.3 is 15.0 Å². The number of carbonyl (C=O) groups is 1. The Morgan fingerprint density at radius 2 is 1.91 bits per heavy atom. The van der Waals surface area contributed by atoms with Crippen molar-refractivity contribution in [1.29, 1.82) is 0 Å². The van der Waals surface area contributed by atoms with Crippen molar-refractivity contribution < 1.29 is 9.53 Å². The van der Waals surface area contributed by atoms with E-state index in [4.69, 9.17) is 4.74 Å². The topological polar surface area (TPSA) is 44.8 Å². The van der Waals surface area contributed by atoms with E-state index >= 15 is 0 Å². The predicted octanol–water partition coefficient (Wildman–Crippen LogP) is 1.54. The molecule has 1 unspecified atom stereocenters. The minimum absolute atomic E-state index is 0. The fraction of sp³-hybridized carbons (Fsp3) is 0.933. The molecule has 2 fully saturated rings. The lowest BCUT2D eigenvalue weighted by Crippen LogP contribution is -2.50. The van der Waals surface area contributed by atoms with Gasteiger partial charge in [0.05, 0.1) is 12.7 Å². The normalized spacial score (nSPS) is 22.3. The van der Waals surface area contributed by atoms with Gasteiger partial charge >= 0.3 is 0 Å². The molecule has 2 saturated heterocycles. The maximum Gasteiger partial charge on any atom is 0.224 e. The first-order chi connectivity index (χ1) is 9.65. The van der Waals surface area contributed by atoms with Crippen LogP contribution >= 0.6 is 24.8 Å². The average Bonchev–Trinajstić information content (AvgIpc) is 2.92. The Labute approximate surface area is 146 Å². The zero-order chi connectivity index (χ0) is 14.4. The number of ether oxygens (including phenoxy) is 1. The molecule has 132 valence electrons. The molecule has 2 rings (SSSR count). The van der Waals surface area contributed by atoms with Crippen molar-refractivity contribution in [3.8, 4) is 0 Å². The molecule has 0 aromatic carbocycles. The molecule has 1 N–H and O–H groups in total. The van der Waals surface area contributed by atoms with Crippen LogP contribution in [0.3, 0.4) is 0 Å². The monoisotopic (exact) mass is 355 g/mol. The van der Waals surface area contributed by atoms with Crippen molar-refractivity contribution in [1.82, 2.24) is 15.1 Å². The van der Waals surface area contributed by atoms with Crippen LogP contribution in [0.5, 0.6) is 0 Å². The average molecular weight is 356 g/mol. The van der Waals surface area contributed by atoms with Crippen LogP contribution in [0.4, 0.5) is 0 Å². The molecular weight excluding hydrogens is 325 g/mol. The maximum atomic E-state index is 12.2. The molecule has 0 aromatic rings. The molecule has 0 radical (unpaired) electrons. The minimum atomic E-state index is 0. The number of nitrogens with one attached hydrogen (secondary N) is 1. The standard InChI is InChI=1S/C15H29N3O2.2ClH/c1-13(2)20-11-10-17-6-8-18(9-7-17)15(19)12-14-4-3-5-16-14;;/h13-14,16H,3-12H2,1-2H3;2*1H. The summed E-state index contributed by atoms with van der Waals surface area (Å²) >= 11 is 0. The van der Waals surface area contributed by atoms with Crippen LogP contribution in [0.2, 0.25) is 0 Å². The summed E-state index contributed by atoms with van der Waals surface area (Å²) < 4.78 is 5.58. The van der Waals surface area contributed by atoms with Gasteiger partial charge in [0.15, 0.2) is 0 Å². The molecule has 2 heterocycles. The SMILES string of the molecule is CC(C)OCCN1CCN(C(=O)CC2CCCN2)CC1.Cl.Cl. The highest BCUT2D eigenvalue weighted by Gasteiger charge is 2.24. The Morgan fingerprint density at radius 1 is 1.23 bits per heavy atom. The van der Waals surface area contributed by atoms with Gasteiger partial charge in [-0.1, -0.05) is 0 Å². The molecule has 2 aliphatic rings. The molecule has 2 aliphatic heterocycles. The van der Waals surface area contributed by atoms with E-state index in [-0.39, 0.29) is 24.8 Å². The lowest BCUT2D eigenvalue weighted by molar-refractivity contribution is -0.133. The molecule has 0 aliphatic carbocycles. The summed E-state index contributed by atoms with van der Waals surface area (Å²) in [6.45, 7) is 10.7. The lowest BCUT2D eigenvalue weighted by atomic mass is 10.1. The van der Waals surface area contributed by atoms with Crippen LogP contribution in [-0.4, -0.2) is 73.7 Å². The molecule has 0 aromatic heterocycles. The van der Waals surface area contributed by atoms with Gasteiger partial charge in [-0.25, -0.2) is 0 Å². The van der Waals surface area contributed by atoms with Crippen molar-refractivity contribution in [3.63, 3.8) is 0 Å². The first-order valence-electron chi connectivity index (χ1n) is 8.00. The maximum absolute atomic E-state index is 12.2. The summed E-state index contributed by atoms with van der Waals surface area (Å²) in [5.41, 5.74) is 0. The lowest BCUT2D eigenvalue weighted by Gasteiger charge is -2.35. The Morgan fingerprint density at radius 3 is 2.45 bits per heavy atom. The molecule has 22 heavy (non-hydrogen) atoms. The Hall–Kier alpha value is -0.0700. The molecule has 7 heteroatoms. The second-order valence-electron chi connectivity index (χ2n) is 6.14. The molecule has 0 spiro atoms. The second-order valence-corrected chi connectivity index (χ2v) is 6.14. The van der Waals surface area contributed by atoms with Crippen molar-refractivity contribution in [3.05, 3.63) is 0 Å². The predicted molar refractivity (Wildman–Crippen MR) is 94.2 cm³/mol. The highest BCUT2D eigenvalue weighted by Crippen LogP contribution is 2.12. The van der Waals surface area contributed by atoms with E-state index in [1.807, 2.05) is 4.90 Å². The van der Waals surface area contributed by atoms with Crippen molar-refractivity contribution in [2.24, 2.45) is 0 Å². The van der Waals surface area contributed by atoms with E-state index in [2.05, 4.69) is 24.1 Å². The quantitative estimate of drug-likeness (QED) is 0.784. The van der Waals surface area contributed by atoms with Crippen LogP contribution in [0, 0.1) is 0 Å². The number of hydrogen-bond donors (Lipinski definition) is 1. The largest absolute Gasteiger partial charge is 0.377 e. The minimum Gasteiger partial charge on any atom is -0.377 e. The third kappa shape index (κ3) is 7.47. The van der Waals surface area contributed by atoms with Gasteiger partial charge in [0, 0.05) is 45.2 Å². The molecule has 0 bridgehead atoms. The first kappa shape index (κ1) is 21.9. The fourth-order valence-corrected chi connectivity index (χ4v) is 2.91. The Balaban J connectivity index is 0.00000220. The van der Waals surface area contributed by atoms with Crippen LogP contribution in [-0.2, 0) is 9.53 Å². The summed E-state index contributed by atoms with van der Waals surface area (Å²) in [7, 11) is 0. The summed E-state index contributed by atoms with van der Waals surface area (Å²) in [6, 6.07) is 0.417. The highest BCUT2D eigenvalue weighted by atomic mass is 35.5. The third-order valence-corrected chi connectivity index (χ3v) is 4.17. The summed E-state index contributed by atoms with van der Waals surface area (Å²) in [5, 5.41) is 3.40. The van der Waals surface area contributed by atoms with Gasteiger partial charge in [-0.2, -0.15) is 0 Å². The number of halogens is 2. The van der Waals surface area contributed by atoms with Crippen molar-refractivity contribution in [2.45, 2.75) is 45.3 Å². The highest BCUT2D eigenvalue weighted by molar-refractivity contribution is 5.85. The van der Waals surface area contributed by atoms with E-state index < -0.39 is 0 Å². The zero-order valence-electron chi connectivity index (χ0n) is 13.8. The van der Waals surface area contributed by atoms with Crippen molar-refractivity contribution >= 4 is 30.7 Å². The number of rotatable bonds is 6. The Bertz CT molecular complexity index is 305. The fourth-order valence-electron chi connectivity index (χ4n) is 2.91. The van der Waals surface area contributed by atoms with Crippen LogP contribution < -0.4 is 5.32 Å². The van der Waals surface area contributed by atoms with Crippen LogP contribution in [0.1, 0.15) is 33.1 Å². The van der Waals surface area contributed by atoms with Gasteiger partial charge in [0.1, 0.15) is 0 Å². The molecule has 0 saturated carbocycles. The van der Waals surface area contributed by atoms with Crippen molar-refractivity contribution in [2.75, 3.05) is 45.9 Å². The van der Waals surface area contributed by atoms with E-state index in [1.54, 1.807) is 0 Å². The first-order valence-corrected chi connectivity index (χ1v) is 8.00. The molecule has 1 amide bonds. The van der Waals surface area contributed by atoms with E-state index in [9.17, 15) is 4.79 Å². The van der Waals surface area contributed by atoms with Gasteiger partial charge in [-0.05, 0) is 33.2 Å². The van der Waals surface area contributed by atoms with Crippen LogP contribution in [0.25, 0.3) is 0 Å². The summed E-state index contributed by atoms with van der Waals surface area (Å²) in [5.74, 6) is 0.322. The third-order valence-electron chi connectivity index (χ3n) is 4.17. The number of nitrogens with zero attached hydrogens (tertiary/aromatic N) is 2. The van der Waals surface area contributed by atoms with Crippen LogP contribution in [0.15, 0.2) is 0 Å². The van der Waals surface area contributed by atoms with E-state index in [1.165, 1.54) is 6.42 Å².